The summed E-state index contributed by atoms with van der Waals surface area (Å²) in [7, 11) is 1.37. The van der Waals surface area contributed by atoms with Crippen molar-refractivity contribution in [3.05, 3.63) is 53.3 Å². The fourth-order valence-electron chi connectivity index (χ4n) is 2.65. The van der Waals surface area contributed by atoms with Crippen LogP contribution in [0.4, 0.5) is 0 Å². The van der Waals surface area contributed by atoms with Crippen molar-refractivity contribution in [2.75, 3.05) is 13.7 Å². The number of hydrogen-bond acceptors (Lipinski definition) is 6. The third kappa shape index (κ3) is 4.97. The van der Waals surface area contributed by atoms with Gasteiger partial charge in [-0.25, -0.2) is 9.78 Å². The number of ether oxygens (including phenoxy) is 2. The van der Waals surface area contributed by atoms with Crippen molar-refractivity contribution >= 4 is 11.9 Å². The molecule has 27 heavy (non-hydrogen) atoms. The van der Waals surface area contributed by atoms with Gasteiger partial charge in [0.25, 0.3) is 5.91 Å². The molecule has 0 fully saturated rings. The van der Waals surface area contributed by atoms with Crippen molar-refractivity contribution in [3.8, 4) is 11.5 Å². The van der Waals surface area contributed by atoms with Gasteiger partial charge in [0.15, 0.2) is 17.2 Å². The van der Waals surface area contributed by atoms with E-state index in [9.17, 15) is 14.7 Å². The zero-order chi connectivity index (χ0) is 20.0. The number of pyridine rings is 1. The summed E-state index contributed by atoms with van der Waals surface area (Å²) in [5, 5.41) is 12.4. The van der Waals surface area contributed by atoms with E-state index < -0.39 is 17.9 Å². The van der Waals surface area contributed by atoms with Crippen molar-refractivity contribution in [1.29, 1.82) is 0 Å². The Balaban J connectivity index is 1.94. The molecule has 144 valence electrons. The van der Waals surface area contributed by atoms with Crippen molar-refractivity contribution < 1.29 is 24.2 Å². The van der Waals surface area contributed by atoms with Crippen molar-refractivity contribution in [1.82, 2.24) is 10.3 Å². The number of aromatic nitrogens is 1. The average Bonchev–Trinajstić information content (AvgIpc) is 2.66. The number of carbonyl (C=O) groups is 2. The predicted molar refractivity (Wildman–Crippen MR) is 99.9 cm³/mol. The minimum atomic E-state index is -0.894. The SMILES string of the molecule is COc1ccnc(C(=O)NC(C)C(=O)OCC(C)c2ccccc2C)c1O. The van der Waals surface area contributed by atoms with Crippen LogP contribution < -0.4 is 10.1 Å². The van der Waals surface area contributed by atoms with E-state index in [1.807, 2.05) is 38.1 Å². The first-order chi connectivity index (χ1) is 12.8. The molecule has 2 N–H and O–H groups in total. The van der Waals surface area contributed by atoms with Crippen LogP contribution in [-0.4, -0.2) is 41.7 Å². The highest BCUT2D eigenvalue weighted by Gasteiger charge is 2.23. The van der Waals surface area contributed by atoms with Crippen LogP contribution in [0.15, 0.2) is 36.5 Å². The van der Waals surface area contributed by atoms with Crippen LogP contribution in [0, 0.1) is 6.92 Å². The molecule has 2 atom stereocenters. The highest BCUT2D eigenvalue weighted by Crippen LogP contribution is 2.27. The van der Waals surface area contributed by atoms with E-state index in [1.54, 1.807) is 0 Å². The van der Waals surface area contributed by atoms with Crippen molar-refractivity contribution in [2.45, 2.75) is 32.7 Å². The number of aromatic hydroxyl groups is 1. The summed E-state index contributed by atoms with van der Waals surface area (Å²) < 4.78 is 10.3. The maximum absolute atomic E-state index is 12.3. The Labute approximate surface area is 158 Å². The standard InChI is InChI=1S/C20H24N2O5/c1-12-7-5-6-8-15(12)13(2)11-27-20(25)14(3)22-19(24)17-18(23)16(26-4)9-10-21-17/h5-10,13-14,23H,11H2,1-4H3,(H,22,24). The molecule has 1 aromatic heterocycles. The first-order valence-corrected chi connectivity index (χ1v) is 8.60. The Hall–Kier alpha value is -3.09. The lowest BCUT2D eigenvalue weighted by Crippen LogP contribution is -2.40. The molecular formula is C20H24N2O5. The number of benzene rings is 1. The summed E-state index contributed by atoms with van der Waals surface area (Å²) in [5.74, 6) is -1.49. The molecule has 0 spiro atoms. The first kappa shape index (κ1) is 20.2. The Morgan fingerprint density at radius 3 is 2.59 bits per heavy atom. The van der Waals surface area contributed by atoms with Gasteiger partial charge in [0.2, 0.25) is 0 Å². The van der Waals surface area contributed by atoms with E-state index in [0.29, 0.717) is 0 Å². The van der Waals surface area contributed by atoms with Gasteiger partial charge < -0.3 is 19.9 Å². The fourth-order valence-corrected chi connectivity index (χ4v) is 2.65. The van der Waals surface area contributed by atoms with Gasteiger partial charge in [0, 0.05) is 18.2 Å². The molecule has 0 aliphatic carbocycles. The lowest BCUT2D eigenvalue weighted by molar-refractivity contribution is -0.145. The minimum Gasteiger partial charge on any atom is -0.503 e. The smallest absolute Gasteiger partial charge is 0.328 e. The number of methoxy groups -OCH3 is 1. The summed E-state index contributed by atoms with van der Waals surface area (Å²) in [6.07, 6.45) is 1.33. The van der Waals surface area contributed by atoms with Gasteiger partial charge in [-0.3, -0.25) is 4.79 Å². The highest BCUT2D eigenvalue weighted by atomic mass is 16.5. The van der Waals surface area contributed by atoms with Crippen LogP contribution in [-0.2, 0) is 9.53 Å². The Morgan fingerprint density at radius 2 is 1.93 bits per heavy atom. The second-order valence-electron chi connectivity index (χ2n) is 6.29. The Kier molecular flexibility index (Phi) is 6.76. The van der Waals surface area contributed by atoms with Crippen LogP contribution in [0.5, 0.6) is 11.5 Å². The summed E-state index contributed by atoms with van der Waals surface area (Å²) in [6.45, 7) is 5.68. The van der Waals surface area contributed by atoms with E-state index >= 15 is 0 Å². The number of aryl methyl sites for hydroxylation is 1. The molecule has 0 aliphatic rings. The van der Waals surface area contributed by atoms with E-state index in [2.05, 4.69) is 10.3 Å². The van der Waals surface area contributed by atoms with E-state index in [-0.39, 0.29) is 29.7 Å². The van der Waals surface area contributed by atoms with Crippen molar-refractivity contribution in [3.63, 3.8) is 0 Å². The molecule has 0 aliphatic heterocycles. The third-order valence-corrected chi connectivity index (χ3v) is 4.22. The lowest BCUT2D eigenvalue weighted by atomic mass is 9.97. The first-order valence-electron chi connectivity index (χ1n) is 8.60. The van der Waals surface area contributed by atoms with E-state index in [0.717, 1.165) is 11.1 Å². The topological polar surface area (TPSA) is 97.8 Å². The van der Waals surface area contributed by atoms with Crippen LogP contribution >= 0.6 is 0 Å². The van der Waals surface area contributed by atoms with Gasteiger partial charge in [0.1, 0.15) is 6.04 Å². The normalized spacial score (nSPS) is 12.7. The van der Waals surface area contributed by atoms with Crippen molar-refractivity contribution in [2.24, 2.45) is 0 Å². The number of amides is 1. The molecule has 1 heterocycles. The van der Waals surface area contributed by atoms with Crippen LogP contribution in [0.1, 0.15) is 41.4 Å². The predicted octanol–water partition coefficient (Wildman–Crippen LogP) is 2.57. The summed E-state index contributed by atoms with van der Waals surface area (Å²) in [6, 6.07) is 8.43. The quantitative estimate of drug-likeness (QED) is 0.725. The number of rotatable bonds is 7. The zero-order valence-electron chi connectivity index (χ0n) is 15.9. The Bertz CT molecular complexity index is 822. The number of carbonyl (C=O) groups excluding carboxylic acids is 2. The largest absolute Gasteiger partial charge is 0.503 e. The lowest BCUT2D eigenvalue weighted by Gasteiger charge is -2.18. The minimum absolute atomic E-state index is 0.0298. The number of esters is 1. The molecule has 0 bridgehead atoms. The van der Waals surface area contributed by atoms with E-state index in [1.165, 1.54) is 26.3 Å². The van der Waals surface area contributed by atoms with Gasteiger partial charge in [-0.1, -0.05) is 31.2 Å². The fraction of sp³-hybridized carbons (Fsp3) is 0.350. The molecule has 2 rings (SSSR count). The van der Waals surface area contributed by atoms with Crippen LogP contribution in [0.3, 0.4) is 0 Å². The molecular weight excluding hydrogens is 348 g/mol. The molecule has 2 aromatic rings. The molecule has 0 radical (unpaired) electrons. The molecule has 2 unspecified atom stereocenters. The number of nitrogens with zero attached hydrogens (tertiary/aromatic N) is 1. The van der Waals surface area contributed by atoms with Crippen LogP contribution in [0.2, 0.25) is 0 Å². The van der Waals surface area contributed by atoms with Gasteiger partial charge in [0.05, 0.1) is 13.7 Å². The summed E-state index contributed by atoms with van der Waals surface area (Å²) in [4.78, 5) is 28.3. The maximum Gasteiger partial charge on any atom is 0.328 e. The molecule has 1 amide bonds. The van der Waals surface area contributed by atoms with Gasteiger partial charge in [-0.2, -0.15) is 0 Å². The second kappa shape index (κ2) is 9.02. The van der Waals surface area contributed by atoms with Crippen LogP contribution in [0.25, 0.3) is 0 Å². The highest BCUT2D eigenvalue weighted by molar-refractivity contribution is 5.97. The molecule has 7 heteroatoms. The van der Waals surface area contributed by atoms with Gasteiger partial charge >= 0.3 is 5.97 Å². The Morgan fingerprint density at radius 1 is 1.22 bits per heavy atom. The summed E-state index contributed by atoms with van der Waals surface area (Å²) in [5.41, 5.74) is 2.01. The number of hydrogen-bond donors (Lipinski definition) is 2. The van der Waals surface area contributed by atoms with E-state index in [4.69, 9.17) is 9.47 Å². The maximum atomic E-state index is 12.3. The van der Waals surface area contributed by atoms with Gasteiger partial charge in [-0.05, 0) is 25.0 Å². The molecule has 7 nitrogen and oxygen atoms in total. The molecule has 0 saturated carbocycles. The molecule has 1 aromatic carbocycles. The molecule has 0 saturated heterocycles. The van der Waals surface area contributed by atoms with Gasteiger partial charge in [-0.15, -0.1) is 0 Å². The summed E-state index contributed by atoms with van der Waals surface area (Å²) >= 11 is 0. The zero-order valence-corrected chi connectivity index (χ0v) is 15.9. The monoisotopic (exact) mass is 372 g/mol. The number of nitrogens with one attached hydrogen (secondary N) is 1. The third-order valence-electron chi connectivity index (χ3n) is 4.22. The average molecular weight is 372 g/mol. The second-order valence-corrected chi connectivity index (χ2v) is 6.29.